The van der Waals surface area contributed by atoms with Crippen LogP contribution in [0.15, 0.2) is 0 Å². The fraction of sp³-hybridized carbons (Fsp3) is 1.00. The van der Waals surface area contributed by atoms with Crippen LogP contribution in [-0.2, 0) is 0 Å². The first-order valence-electron chi connectivity index (χ1n) is 2.48. The average Bonchev–Trinajstić information content (AvgIpc) is 1.84. The van der Waals surface area contributed by atoms with Crippen LogP contribution in [0.5, 0.6) is 0 Å². The van der Waals surface area contributed by atoms with Crippen LogP contribution < -0.4 is 11.5 Å². The van der Waals surface area contributed by atoms with E-state index in [9.17, 15) is 0 Å². The van der Waals surface area contributed by atoms with Gasteiger partial charge in [-0.25, -0.2) is 0 Å². The standard InChI is InChI=1S/C4H12N2O2/c5-1-3(7)4(8)2-6/h3-4,7-8H,1-2,5-6H2/t3-,4-/m0/s1. The van der Waals surface area contributed by atoms with Gasteiger partial charge in [-0.3, -0.25) is 0 Å². The molecule has 0 saturated carbocycles. The quantitative estimate of drug-likeness (QED) is 0.335. The Hall–Kier alpha value is -0.160. The molecule has 0 aliphatic heterocycles. The summed E-state index contributed by atoms with van der Waals surface area (Å²) in [5.41, 5.74) is 9.97. The van der Waals surface area contributed by atoms with Crippen molar-refractivity contribution in [3.8, 4) is 0 Å². The summed E-state index contributed by atoms with van der Waals surface area (Å²) in [4.78, 5) is 0. The lowest BCUT2D eigenvalue weighted by Gasteiger charge is -2.12. The van der Waals surface area contributed by atoms with Crippen LogP contribution in [0.2, 0.25) is 0 Å². The van der Waals surface area contributed by atoms with Crippen molar-refractivity contribution in [2.24, 2.45) is 11.5 Å². The number of aliphatic hydroxyl groups is 2. The van der Waals surface area contributed by atoms with Gasteiger partial charge in [-0.2, -0.15) is 0 Å². The average molecular weight is 120 g/mol. The van der Waals surface area contributed by atoms with Crippen molar-refractivity contribution in [3.63, 3.8) is 0 Å². The first-order valence-corrected chi connectivity index (χ1v) is 2.48. The summed E-state index contributed by atoms with van der Waals surface area (Å²) in [6.07, 6.45) is -1.75. The van der Waals surface area contributed by atoms with E-state index in [1.807, 2.05) is 0 Å². The van der Waals surface area contributed by atoms with Gasteiger partial charge < -0.3 is 21.7 Å². The molecule has 0 aliphatic carbocycles. The molecule has 0 aromatic rings. The second-order valence-corrected chi connectivity index (χ2v) is 1.61. The van der Waals surface area contributed by atoms with E-state index in [0.717, 1.165) is 0 Å². The summed E-state index contributed by atoms with van der Waals surface area (Å²) in [6, 6.07) is 0. The minimum absolute atomic E-state index is 0.0539. The van der Waals surface area contributed by atoms with E-state index in [0.29, 0.717) is 0 Å². The van der Waals surface area contributed by atoms with E-state index in [1.165, 1.54) is 0 Å². The zero-order valence-electron chi connectivity index (χ0n) is 4.62. The summed E-state index contributed by atoms with van der Waals surface area (Å²) >= 11 is 0. The molecule has 0 bridgehead atoms. The first-order chi connectivity index (χ1) is 3.72. The molecule has 4 heteroatoms. The van der Waals surface area contributed by atoms with Crippen LogP contribution >= 0.6 is 0 Å². The Labute approximate surface area is 48.1 Å². The monoisotopic (exact) mass is 120 g/mol. The molecular weight excluding hydrogens is 108 g/mol. The van der Waals surface area contributed by atoms with Crippen LogP contribution in [-0.4, -0.2) is 35.5 Å². The molecule has 0 radical (unpaired) electrons. The summed E-state index contributed by atoms with van der Waals surface area (Å²) in [7, 11) is 0. The third-order valence-electron chi connectivity index (χ3n) is 0.927. The minimum Gasteiger partial charge on any atom is -0.389 e. The van der Waals surface area contributed by atoms with Crippen LogP contribution in [0, 0.1) is 0 Å². The maximum atomic E-state index is 8.67. The Morgan fingerprint density at radius 1 is 1.00 bits per heavy atom. The van der Waals surface area contributed by atoms with Crippen molar-refractivity contribution in [1.29, 1.82) is 0 Å². The van der Waals surface area contributed by atoms with Crippen LogP contribution in [0.3, 0.4) is 0 Å². The van der Waals surface area contributed by atoms with Crippen molar-refractivity contribution >= 4 is 0 Å². The van der Waals surface area contributed by atoms with Crippen molar-refractivity contribution in [3.05, 3.63) is 0 Å². The second kappa shape index (κ2) is 3.80. The molecule has 0 aliphatic rings. The molecule has 0 spiro atoms. The van der Waals surface area contributed by atoms with Gasteiger partial charge in [0.25, 0.3) is 0 Å². The lowest BCUT2D eigenvalue weighted by Crippen LogP contribution is -2.38. The van der Waals surface area contributed by atoms with Gasteiger partial charge in [-0.15, -0.1) is 0 Å². The Balaban J connectivity index is 3.29. The first kappa shape index (κ1) is 7.84. The molecule has 0 saturated heterocycles. The normalized spacial score (nSPS) is 18.0. The maximum Gasteiger partial charge on any atom is 0.0933 e. The fourth-order valence-electron chi connectivity index (χ4n) is 0.314. The van der Waals surface area contributed by atoms with Gasteiger partial charge in [0.2, 0.25) is 0 Å². The van der Waals surface area contributed by atoms with Crippen LogP contribution in [0.4, 0.5) is 0 Å². The molecule has 2 atom stereocenters. The molecule has 0 unspecified atom stereocenters. The number of hydrogen-bond donors (Lipinski definition) is 4. The highest BCUT2D eigenvalue weighted by Crippen LogP contribution is 1.85. The fourth-order valence-corrected chi connectivity index (χ4v) is 0.314. The zero-order chi connectivity index (χ0) is 6.57. The van der Waals surface area contributed by atoms with Gasteiger partial charge in [-0.1, -0.05) is 0 Å². The van der Waals surface area contributed by atoms with E-state index < -0.39 is 12.2 Å². The molecule has 0 heterocycles. The zero-order valence-corrected chi connectivity index (χ0v) is 4.62. The number of nitrogens with two attached hydrogens (primary N) is 2. The molecule has 4 nitrogen and oxygen atoms in total. The van der Waals surface area contributed by atoms with E-state index in [1.54, 1.807) is 0 Å². The van der Waals surface area contributed by atoms with E-state index in [4.69, 9.17) is 21.7 Å². The van der Waals surface area contributed by atoms with Gasteiger partial charge in [0.05, 0.1) is 12.2 Å². The Morgan fingerprint density at radius 2 is 1.25 bits per heavy atom. The molecule has 0 aromatic carbocycles. The number of rotatable bonds is 3. The number of aliphatic hydroxyl groups excluding tert-OH is 2. The summed E-state index contributed by atoms with van der Waals surface area (Å²) in [5.74, 6) is 0. The van der Waals surface area contributed by atoms with Gasteiger partial charge in [0.15, 0.2) is 0 Å². The molecule has 0 fully saturated rings. The third-order valence-corrected chi connectivity index (χ3v) is 0.927. The van der Waals surface area contributed by atoms with Crippen molar-refractivity contribution < 1.29 is 10.2 Å². The maximum absolute atomic E-state index is 8.67. The Morgan fingerprint density at radius 3 is 1.38 bits per heavy atom. The Bertz CT molecular complexity index is 52.0. The molecule has 0 amide bonds. The van der Waals surface area contributed by atoms with Gasteiger partial charge in [0.1, 0.15) is 0 Å². The highest BCUT2D eigenvalue weighted by molar-refractivity contribution is 4.66. The van der Waals surface area contributed by atoms with E-state index in [-0.39, 0.29) is 13.1 Å². The lowest BCUT2D eigenvalue weighted by molar-refractivity contribution is 0.0312. The summed E-state index contributed by atoms with van der Waals surface area (Å²) < 4.78 is 0. The summed E-state index contributed by atoms with van der Waals surface area (Å²) in [6.45, 7) is 0.108. The number of hydrogen-bond acceptors (Lipinski definition) is 4. The summed E-state index contributed by atoms with van der Waals surface area (Å²) in [5, 5.41) is 17.3. The van der Waals surface area contributed by atoms with Gasteiger partial charge in [-0.05, 0) is 0 Å². The predicted octanol–water partition coefficient (Wildman–Crippen LogP) is -2.37. The van der Waals surface area contributed by atoms with Crippen LogP contribution in [0.25, 0.3) is 0 Å². The second-order valence-electron chi connectivity index (χ2n) is 1.61. The molecular formula is C4H12N2O2. The third kappa shape index (κ3) is 2.23. The molecule has 50 valence electrons. The van der Waals surface area contributed by atoms with E-state index in [2.05, 4.69) is 0 Å². The van der Waals surface area contributed by atoms with Gasteiger partial charge in [0, 0.05) is 13.1 Å². The largest absolute Gasteiger partial charge is 0.389 e. The van der Waals surface area contributed by atoms with Crippen LogP contribution in [0.1, 0.15) is 0 Å². The van der Waals surface area contributed by atoms with E-state index >= 15 is 0 Å². The predicted molar refractivity (Wildman–Crippen MR) is 30.1 cm³/mol. The topological polar surface area (TPSA) is 92.5 Å². The molecule has 0 aromatic heterocycles. The highest BCUT2D eigenvalue weighted by atomic mass is 16.3. The Kier molecular flexibility index (Phi) is 3.72. The molecule has 6 N–H and O–H groups in total. The van der Waals surface area contributed by atoms with Gasteiger partial charge >= 0.3 is 0 Å². The molecule has 0 rings (SSSR count). The SMILES string of the molecule is NC[C@H](O)[C@@H](O)CN. The molecule has 8 heavy (non-hydrogen) atoms. The smallest absolute Gasteiger partial charge is 0.0933 e. The minimum atomic E-state index is -0.875. The van der Waals surface area contributed by atoms with Crippen molar-refractivity contribution in [2.45, 2.75) is 12.2 Å². The highest BCUT2D eigenvalue weighted by Gasteiger charge is 2.10. The lowest BCUT2D eigenvalue weighted by atomic mass is 10.2. The van der Waals surface area contributed by atoms with Crippen molar-refractivity contribution in [2.75, 3.05) is 13.1 Å². The van der Waals surface area contributed by atoms with Crippen molar-refractivity contribution in [1.82, 2.24) is 0 Å².